The summed E-state index contributed by atoms with van der Waals surface area (Å²) in [6, 6.07) is 28.6. The van der Waals surface area contributed by atoms with Gasteiger partial charge in [0.1, 0.15) is 18.5 Å². The molecule has 1 unspecified atom stereocenters. The predicted molar refractivity (Wildman–Crippen MR) is 126 cm³/mol. The number of allylic oxidation sites excluding steroid dienone is 1. The van der Waals surface area contributed by atoms with E-state index in [1.165, 1.54) is 11.1 Å². The van der Waals surface area contributed by atoms with Crippen LogP contribution >= 0.6 is 12.4 Å². The molecule has 0 aliphatic heterocycles. The van der Waals surface area contributed by atoms with Gasteiger partial charge >= 0.3 is 0 Å². The van der Waals surface area contributed by atoms with E-state index >= 15 is 0 Å². The Labute approximate surface area is 186 Å². The highest BCUT2D eigenvalue weighted by atomic mass is 35.5. The van der Waals surface area contributed by atoms with Crippen molar-refractivity contribution in [3.63, 3.8) is 0 Å². The maximum absolute atomic E-state index is 10.7. The largest absolute Gasteiger partial charge is 0.491 e. The van der Waals surface area contributed by atoms with Crippen LogP contribution in [0.4, 0.5) is 0 Å². The van der Waals surface area contributed by atoms with Gasteiger partial charge in [-0.2, -0.15) is 0 Å². The molecule has 1 N–H and O–H groups in total. The van der Waals surface area contributed by atoms with Gasteiger partial charge in [-0.3, -0.25) is 4.90 Å². The zero-order chi connectivity index (χ0) is 20.3. The van der Waals surface area contributed by atoms with Gasteiger partial charge in [0, 0.05) is 19.6 Å². The van der Waals surface area contributed by atoms with E-state index in [1.807, 2.05) is 66.7 Å². The smallest absolute Gasteiger partial charge is 0.122 e. The molecule has 4 heteroatoms. The summed E-state index contributed by atoms with van der Waals surface area (Å²) < 4.78 is 5.93. The number of halogens is 1. The van der Waals surface area contributed by atoms with Crippen LogP contribution in [0.15, 0.2) is 97.6 Å². The number of ether oxygens (including phenoxy) is 1. The van der Waals surface area contributed by atoms with Crippen molar-refractivity contribution in [1.29, 1.82) is 0 Å². The topological polar surface area (TPSA) is 32.7 Å². The van der Waals surface area contributed by atoms with E-state index < -0.39 is 6.10 Å². The fraction of sp³-hybridized carbons (Fsp3) is 0.231. The Bertz CT molecular complexity index is 829. The lowest BCUT2D eigenvalue weighted by Gasteiger charge is -2.25. The molecule has 0 saturated heterocycles. The van der Waals surface area contributed by atoms with E-state index in [4.69, 9.17) is 4.74 Å². The SMILES string of the molecule is C=CCc1ccccc1OCC(O)CN(Cc1ccccc1)Cc1ccccc1.Cl. The van der Waals surface area contributed by atoms with Crippen molar-refractivity contribution >= 4 is 12.4 Å². The van der Waals surface area contributed by atoms with Gasteiger partial charge < -0.3 is 9.84 Å². The van der Waals surface area contributed by atoms with Crippen molar-refractivity contribution in [2.24, 2.45) is 0 Å². The molecule has 158 valence electrons. The van der Waals surface area contributed by atoms with E-state index in [1.54, 1.807) is 0 Å². The van der Waals surface area contributed by atoms with E-state index in [-0.39, 0.29) is 19.0 Å². The summed E-state index contributed by atoms with van der Waals surface area (Å²) in [5, 5.41) is 10.7. The van der Waals surface area contributed by atoms with Crippen LogP contribution in [0, 0.1) is 0 Å². The average Bonchev–Trinajstić information content (AvgIpc) is 2.75. The van der Waals surface area contributed by atoms with Crippen LogP contribution in [-0.4, -0.2) is 29.3 Å². The zero-order valence-electron chi connectivity index (χ0n) is 17.2. The predicted octanol–water partition coefficient (Wildman–Crippen LogP) is 5.28. The van der Waals surface area contributed by atoms with E-state index in [9.17, 15) is 5.11 Å². The van der Waals surface area contributed by atoms with Crippen molar-refractivity contribution in [3.8, 4) is 5.75 Å². The Hall–Kier alpha value is -2.59. The molecule has 0 radical (unpaired) electrons. The summed E-state index contributed by atoms with van der Waals surface area (Å²) in [6.07, 6.45) is 2.03. The van der Waals surface area contributed by atoms with E-state index in [0.717, 1.165) is 30.8 Å². The zero-order valence-corrected chi connectivity index (χ0v) is 18.0. The number of benzene rings is 3. The lowest BCUT2D eigenvalue weighted by atomic mass is 10.1. The van der Waals surface area contributed by atoms with Gasteiger partial charge in [-0.05, 0) is 29.2 Å². The Balaban J connectivity index is 0.00000320. The lowest BCUT2D eigenvalue weighted by Crippen LogP contribution is -2.35. The Morgan fingerprint density at radius 3 is 1.93 bits per heavy atom. The van der Waals surface area contributed by atoms with E-state index in [2.05, 4.69) is 35.7 Å². The van der Waals surface area contributed by atoms with Gasteiger partial charge in [0.25, 0.3) is 0 Å². The van der Waals surface area contributed by atoms with Crippen molar-refractivity contribution in [2.75, 3.05) is 13.2 Å². The van der Waals surface area contributed by atoms with Gasteiger partial charge in [-0.15, -0.1) is 19.0 Å². The molecule has 1 atom stereocenters. The maximum Gasteiger partial charge on any atom is 0.122 e. The van der Waals surface area contributed by atoms with Gasteiger partial charge in [-0.25, -0.2) is 0 Å². The van der Waals surface area contributed by atoms with Crippen molar-refractivity contribution in [1.82, 2.24) is 4.90 Å². The number of aliphatic hydroxyl groups is 1. The summed E-state index contributed by atoms with van der Waals surface area (Å²) >= 11 is 0. The third-order valence-corrected chi connectivity index (χ3v) is 4.74. The van der Waals surface area contributed by atoms with Crippen LogP contribution in [0.25, 0.3) is 0 Å². The van der Waals surface area contributed by atoms with Gasteiger partial charge in [-0.1, -0.05) is 84.9 Å². The molecule has 0 heterocycles. The third kappa shape index (κ3) is 7.68. The fourth-order valence-electron chi connectivity index (χ4n) is 3.37. The Morgan fingerprint density at radius 1 is 0.833 bits per heavy atom. The highest BCUT2D eigenvalue weighted by Crippen LogP contribution is 2.19. The molecular formula is C26H30ClNO2. The first-order valence-corrected chi connectivity index (χ1v) is 10.0. The fourth-order valence-corrected chi connectivity index (χ4v) is 3.37. The quantitative estimate of drug-likeness (QED) is 0.426. The van der Waals surface area contributed by atoms with Crippen LogP contribution in [0.2, 0.25) is 0 Å². The summed E-state index contributed by atoms with van der Waals surface area (Å²) in [5.74, 6) is 0.809. The maximum atomic E-state index is 10.7. The minimum atomic E-state index is -0.584. The number of hydrogen-bond donors (Lipinski definition) is 1. The molecule has 0 amide bonds. The molecule has 0 fully saturated rings. The van der Waals surface area contributed by atoms with Crippen LogP contribution in [-0.2, 0) is 19.5 Å². The first-order valence-electron chi connectivity index (χ1n) is 10.0. The second kappa shape index (κ2) is 12.9. The first kappa shape index (κ1) is 23.7. The van der Waals surface area contributed by atoms with Crippen molar-refractivity contribution < 1.29 is 9.84 Å². The van der Waals surface area contributed by atoms with Crippen molar-refractivity contribution in [3.05, 3.63) is 114 Å². The molecule has 0 aliphatic carbocycles. The number of aliphatic hydroxyl groups excluding tert-OH is 1. The molecule has 0 spiro atoms. The van der Waals surface area contributed by atoms with Crippen LogP contribution < -0.4 is 4.74 Å². The summed E-state index contributed by atoms with van der Waals surface area (Å²) in [7, 11) is 0. The summed E-state index contributed by atoms with van der Waals surface area (Å²) in [6.45, 7) is 6.15. The molecule has 0 bridgehead atoms. The second-order valence-electron chi connectivity index (χ2n) is 7.21. The molecular weight excluding hydrogens is 394 g/mol. The Morgan fingerprint density at radius 2 is 1.37 bits per heavy atom. The number of para-hydroxylation sites is 1. The van der Waals surface area contributed by atoms with Gasteiger partial charge in [0.15, 0.2) is 0 Å². The second-order valence-corrected chi connectivity index (χ2v) is 7.21. The summed E-state index contributed by atoms with van der Waals surface area (Å²) in [4.78, 5) is 2.26. The Kier molecular flexibility index (Phi) is 10.2. The molecule has 3 aromatic rings. The number of rotatable bonds is 11. The summed E-state index contributed by atoms with van der Waals surface area (Å²) in [5.41, 5.74) is 3.54. The molecule has 0 saturated carbocycles. The van der Waals surface area contributed by atoms with Gasteiger partial charge in [0.2, 0.25) is 0 Å². The number of nitrogens with zero attached hydrogens (tertiary/aromatic N) is 1. The highest BCUT2D eigenvalue weighted by Gasteiger charge is 2.14. The molecule has 3 aromatic carbocycles. The van der Waals surface area contributed by atoms with Crippen molar-refractivity contribution in [2.45, 2.75) is 25.6 Å². The minimum Gasteiger partial charge on any atom is -0.491 e. The molecule has 30 heavy (non-hydrogen) atoms. The lowest BCUT2D eigenvalue weighted by molar-refractivity contribution is 0.0626. The third-order valence-electron chi connectivity index (χ3n) is 4.74. The highest BCUT2D eigenvalue weighted by molar-refractivity contribution is 5.85. The normalized spacial score (nSPS) is 11.5. The molecule has 3 rings (SSSR count). The molecule has 0 aliphatic rings. The van der Waals surface area contributed by atoms with Crippen LogP contribution in [0.3, 0.4) is 0 Å². The first-order chi connectivity index (χ1) is 14.2. The van der Waals surface area contributed by atoms with Crippen LogP contribution in [0.1, 0.15) is 16.7 Å². The number of hydrogen-bond acceptors (Lipinski definition) is 3. The van der Waals surface area contributed by atoms with Gasteiger partial charge in [0.05, 0.1) is 0 Å². The molecule has 0 aromatic heterocycles. The van der Waals surface area contributed by atoms with Crippen LogP contribution in [0.5, 0.6) is 5.75 Å². The van der Waals surface area contributed by atoms with E-state index in [0.29, 0.717) is 6.54 Å². The minimum absolute atomic E-state index is 0. The molecule has 3 nitrogen and oxygen atoms in total. The average molecular weight is 424 g/mol. The standard InChI is InChI=1S/C26H29NO2.ClH/c1-2-11-24-16-9-10-17-26(24)29-21-25(28)20-27(18-22-12-5-3-6-13-22)19-23-14-7-4-8-15-23;/h2-10,12-17,25,28H,1,11,18-21H2;1H. The monoisotopic (exact) mass is 423 g/mol.